The summed E-state index contributed by atoms with van der Waals surface area (Å²) in [5.74, 6) is 0.593. The number of likely N-dealkylation sites (tertiary alicyclic amines) is 1. The Balaban J connectivity index is 1.34. The van der Waals surface area contributed by atoms with Gasteiger partial charge in [-0.15, -0.1) is 0 Å². The third kappa shape index (κ3) is 2.51. The van der Waals surface area contributed by atoms with Gasteiger partial charge in [0.15, 0.2) is 0 Å². The summed E-state index contributed by atoms with van der Waals surface area (Å²) in [6.45, 7) is 6.92. The molecule has 4 aliphatic rings. The standard InChI is InChI=1S/C17H27N3O3/c1-2-19-12-17(23-15(19)22)5-9-20(10-6-17)14(21)13-11-16(13)3-7-18-8-4-16/h13,18H,2-12H2,1H3/t13-/m0/s1. The van der Waals surface area contributed by atoms with E-state index in [9.17, 15) is 9.59 Å². The second-order valence-electron chi connectivity index (χ2n) is 7.76. The van der Waals surface area contributed by atoms with E-state index >= 15 is 0 Å². The number of hydrogen-bond donors (Lipinski definition) is 1. The van der Waals surface area contributed by atoms with Crippen LogP contribution < -0.4 is 5.32 Å². The quantitative estimate of drug-likeness (QED) is 0.830. The molecule has 3 saturated heterocycles. The van der Waals surface area contributed by atoms with Crippen molar-refractivity contribution < 1.29 is 14.3 Å². The third-order valence-electron chi connectivity index (χ3n) is 6.50. The lowest BCUT2D eigenvalue weighted by Gasteiger charge is -2.38. The van der Waals surface area contributed by atoms with Crippen LogP contribution in [0.5, 0.6) is 0 Å². The van der Waals surface area contributed by atoms with Gasteiger partial charge in [0.1, 0.15) is 5.60 Å². The molecule has 0 bridgehead atoms. The Morgan fingerprint density at radius 2 is 1.96 bits per heavy atom. The van der Waals surface area contributed by atoms with Crippen molar-refractivity contribution in [2.24, 2.45) is 11.3 Å². The highest BCUT2D eigenvalue weighted by Gasteiger charge is 2.59. The van der Waals surface area contributed by atoms with Crippen LogP contribution in [0.4, 0.5) is 4.79 Å². The monoisotopic (exact) mass is 321 g/mol. The highest BCUT2D eigenvalue weighted by atomic mass is 16.6. The van der Waals surface area contributed by atoms with Gasteiger partial charge in [-0.1, -0.05) is 0 Å². The zero-order chi connectivity index (χ0) is 16.1. The maximum absolute atomic E-state index is 12.8. The van der Waals surface area contributed by atoms with Crippen LogP contribution in [0.1, 0.15) is 39.0 Å². The lowest BCUT2D eigenvalue weighted by molar-refractivity contribution is -0.137. The molecule has 4 fully saturated rings. The molecule has 0 aromatic heterocycles. The molecule has 0 unspecified atom stereocenters. The van der Waals surface area contributed by atoms with Crippen LogP contribution in [0, 0.1) is 11.3 Å². The topological polar surface area (TPSA) is 61.9 Å². The van der Waals surface area contributed by atoms with Crippen molar-refractivity contribution in [3.8, 4) is 0 Å². The van der Waals surface area contributed by atoms with Crippen molar-refractivity contribution >= 4 is 12.0 Å². The van der Waals surface area contributed by atoms with E-state index in [0.717, 1.165) is 58.3 Å². The minimum atomic E-state index is -0.347. The first kappa shape index (κ1) is 15.2. The van der Waals surface area contributed by atoms with E-state index in [2.05, 4.69) is 5.32 Å². The number of ether oxygens (including phenoxy) is 1. The Kier molecular flexibility index (Phi) is 3.55. The maximum Gasteiger partial charge on any atom is 0.410 e. The normalized spacial score (nSPS) is 31.5. The van der Waals surface area contributed by atoms with Crippen LogP contribution in [0.15, 0.2) is 0 Å². The summed E-state index contributed by atoms with van der Waals surface area (Å²) in [6, 6.07) is 0. The highest BCUT2D eigenvalue weighted by molar-refractivity contribution is 5.83. The van der Waals surface area contributed by atoms with Crippen LogP contribution >= 0.6 is 0 Å². The molecule has 0 aromatic rings. The number of piperidine rings is 2. The van der Waals surface area contributed by atoms with Gasteiger partial charge in [-0.25, -0.2) is 4.79 Å². The SMILES string of the molecule is CCN1CC2(CCN(C(=O)[C@@H]3CC34CCNCC4)CC2)OC1=O. The van der Waals surface area contributed by atoms with E-state index in [4.69, 9.17) is 4.74 Å². The van der Waals surface area contributed by atoms with Crippen LogP contribution in [-0.2, 0) is 9.53 Å². The number of nitrogens with one attached hydrogen (secondary N) is 1. The molecule has 3 heterocycles. The molecule has 1 saturated carbocycles. The lowest BCUT2D eigenvalue weighted by atomic mass is 9.89. The Labute approximate surface area is 137 Å². The van der Waals surface area contributed by atoms with Crippen LogP contribution in [0.25, 0.3) is 0 Å². The fraction of sp³-hybridized carbons (Fsp3) is 0.882. The smallest absolute Gasteiger partial charge is 0.410 e. The molecule has 23 heavy (non-hydrogen) atoms. The summed E-state index contributed by atoms with van der Waals surface area (Å²) < 4.78 is 5.65. The fourth-order valence-electron chi connectivity index (χ4n) is 4.72. The van der Waals surface area contributed by atoms with E-state index in [0.29, 0.717) is 24.4 Å². The molecule has 0 aromatic carbocycles. The third-order valence-corrected chi connectivity index (χ3v) is 6.50. The molecule has 4 rings (SSSR count). The number of carbonyl (C=O) groups excluding carboxylic acids is 2. The molecular formula is C17H27N3O3. The summed E-state index contributed by atoms with van der Waals surface area (Å²) in [5.41, 5.74) is -0.0455. The van der Waals surface area contributed by atoms with Gasteiger partial charge in [0.2, 0.25) is 5.91 Å². The number of carbonyl (C=O) groups is 2. The van der Waals surface area contributed by atoms with E-state index < -0.39 is 0 Å². The molecule has 2 spiro atoms. The average Bonchev–Trinajstić information content (AvgIpc) is 3.16. The van der Waals surface area contributed by atoms with E-state index in [1.165, 1.54) is 0 Å². The molecule has 6 heteroatoms. The number of rotatable bonds is 2. The van der Waals surface area contributed by atoms with Crippen molar-refractivity contribution in [2.75, 3.05) is 39.3 Å². The second kappa shape index (κ2) is 5.36. The van der Waals surface area contributed by atoms with E-state index in [-0.39, 0.29) is 17.6 Å². The van der Waals surface area contributed by atoms with Gasteiger partial charge in [0.25, 0.3) is 0 Å². The lowest BCUT2D eigenvalue weighted by Crippen LogP contribution is -2.49. The Bertz CT molecular complexity index is 507. The zero-order valence-corrected chi connectivity index (χ0v) is 14.0. The van der Waals surface area contributed by atoms with Crippen molar-refractivity contribution in [3.63, 3.8) is 0 Å². The summed E-state index contributed by atoms with van der Waals surface area (Å²) >= 11 is 0. The summed E-state index contributed by atoms with van der Waals surface area (Å²) in [5, 5.41) is 3.39. The minimum Gasteiger partial charge on any atom is -0.441 e. The number of amides is 2. The minimum absolute atomic E-state index is 0.192. The summed E-state index contributed by atoms with van der Waals surface area (Å²) in [7, 11) is 0. The molecule has 3 aliphatic heterocycles. The molecule has 6 nitrogen and oxygen atoms in total. The number of nitrogens with zero attached hydrogens (tertiary/aromatic N) is 2. The van der Waals surface area contributed by atoms with Gasteiger partial charge >= 0.3 is 6.09 Å². The summed E-state index contributed by atoms with van der Waals surface area (Å²) in [6.07, 6.45) is 4.73. The first-order chi connectivity index (χ1) is 11.1. The van der Waals surface area contributed by atoms with Gasteiger partial charge in [0.05, 0.1) is 6.54 Å². The summed E-state index contributed by atoms with van der Waals surface area (Å²) in [4.78, 5) is 28.4. The van der Waals surface area contributed by atoms with Crippen LogP contribution in [-0.4, -0.2) is 66.7 Å². The number of hydrogen-bond acceptors (Lipinski definition) is 4. The Morgan fingerprint density at radius 1 is 1.26 bits per heavy atom. The van der Waals surface area contributed by atoms with Gasteiger partial charge in [0, 0.05) is 38.4 Å². The van der Waals surface area contributed by atoms with Crippen molar-refractivity contribution in [3.05, 3.63) is 0 Å². The average molecular weight is 321 g/mol. The van der Waals surface area contributed by atoms with Crippen LogP contribution in [0.3, 0.4) is 0 Å². The largest absolute Gasteiger partial charge is 0.441 e. The van der Waals surface area contributed by atoms with Gasteiger partial charge in [-0.3, -0.25) is 4.79 Å². The first-order valence-corrected chi connectivity index (χ1v) is 9.05. The highest BCUT2D eigenvalue weighted by Crippen LogP contribution is 2.59. The molecule has 1 aliphatic carbocycles. The number of likely N-dealkylation sites (N-methyl/N-ethyl adjacent to an activating group) is 1. The molecular weight excluding hydrogens is 294 g/mol. The molecule has 1 atom stereocenters. The second-order valence-corrected chi connectivity index (χ2v) is 7.76. The Hall–Kier alpha value is -1.30. The van der Waals surface area contributed by atoms with Gasteiger partial charge in [-0.2, -0.15) is 0 Å². The Morgan fingerprint density at radius 3 is 2.57 bits per heavy atom. The van der Waals surface area contributed by atoms with Gasteiger partial charge in [-0.05, 0) is 44.7 Å². The first-order valence-electron chi connectivity index (χ1n) is 9.05. The van der Waals surface area contributed by atoms with Crippen molar-refractivity contribution in [2.45, 2.75) is 44.6 Å². The van der Waals surface area contributed by atoms with E-state index in [1.807, 2.05) is 11.8 Å². The van der Waals surface area contributed by atoms with Crippen molar-refractivity contribution in [1.29, 1.82) is 0 Å². The van der Waals surface area contributed by atoms with E-state index in [1.54, 1.807) is 4.90 Å². The van der Waals surface area contributed by atoms with Gasteiger partial charge < -0.3 is 19.9 Å². The molecule has 0 radical (unpaired) electrons. The molecule has 1 N–H and O–H groups in total. The predicted molar refractivity (Wildman–Crippen MR) is 84.9 cm³/mol. The molecule has 128 valence electrons. The van der Waals surface area contributed by atoms with Crippen LogP contribution in [0.2, 0.25) is 0 Å². The zero-order valence-electron chi connectivity index (χ0n) is 14.0. The predicted octanol–water partition coefficient (Wildman–Crippen LogP) is 1.21. The fourth-order valence-corrected chi connectivity index (χ4v) is 4.72. The van der Waals surface area contributed by atoms with Crippen molar-refractivity contribution in [1.82, 2.24) is 15.1 Å². The molecule has 2 amide bonds. The maximum atomic E-state index is 12.8.